The molecule has 0 radical (unpaired) electrons. The van der Waals surface area contributed by atoms with Crippen molar-refractivity contribution in [1.82, 2.24) is 4.90 Å². The van der Waals surface area contributed by atoms with Gasteiger partial charge in [0.25, 0.3) is 0 Å². The van der Waals surface area contributed by atoms with Gasteiger partial charge < -0.3 is 14.2 Å². The Balaban J connectivity index is 1.57. The summed E-state index contributed by atoms with van der Waals surface area (Å²) >= 11 is 3.45. The molecule has 0 aliphatic carbocycles. The van der Waals surface area contributed by atoms with Gasteiger partial charge in [-0.3, -0.25) is 4.90 Å². The van der Waals surface area contributed by atoms with Crippen LogP contribution in [0.2, 0.25) is 0 Å². The van der Waals surface area contributed by atoms with Crippen molar-refractivity contribution in [2.24, 2.45) is 0 Å². The van der Waals surface area contributed by atoms with Gasteiger partial charge >= 0.3 is 0 Å². The molecule has 0 amide bonds. The highest BCUT2D eigenvalue weighted by atomic mass is 79.9. The van der Waals surface area contributed by atoms with E-state index in [4.69, 9.17) is 14.2 Å². The summed E-state index contributed by atoms with van der Waals surface area (Å²) in [5.74, 6) is 0.919. The third-order valence-electron chi connectivity index (χ3n) is 3.67. The van der Waals surface area contributed by atoms with E-state index >= 15 is 0 Å². The van der Waals surface area contributed by atoms with Gasteiger partial charge in [0.2, 0.25) is 0 Å². The first-order chi connectivity index (χ1) is 10.5. The number of rotatable bonds is 7. The molecule has 2 unspecified atom stereocenters. The Morgan fingerprint density at radius 2 is 1.91 bits per heavy atom. The molecule has 2 rings (SSSR count). The van der Waals surface area contributed by atoms with E-state index in [9.17, 15) is 0 Å². The monoisotopic (exact) mass is 371 g/mol. The van der Waals surface area contributed by atoms with Gasteiger partial charge in [-0.05, 0) is 44.5 Å². The molecule has 2 atom stereocenters. The molecule has 0 aromatic heterocycles. The second-order valence-electron chi connectivity index (χ2n) is 5.89. The van der Waals surface area contributed by atoms with Crippen LogP contribution in [0.3, 0.4) is 0 Å². The average molecular weight is 372 g/mol. The number of hydrogen-bond donors (Lipinski definition) is 0. The molecule has 1 aromatic carbocycles. The van der Waals surface area contributed by atoms with Crippen molar-refractivity contribution < 1.29 is 14.2 Å². The number of hydrogen-bond acceptors (Lipinski definition) is 4. The van der Waals surface area contributed by atoms with Crippen molar-refractivity contribution in [2.45, 2.75) is 33.0 Å². The molecule has 1 fully saturated rings. The molecule has 4 nitrogen and oxygen atoms in total. The van der Waals surface area contributed by atoms with Crippen LogP contribution < -0.4 is 4.74 Å². The average Bonchev–Trinajstić information content (AvgIpc) is 2.43. The van der Waals surface area contributed by atoms with E-state index in [1.807, 2.05) is 19.1 Å². The summed E-state index contributed by atoms with van der Waals surface area (Å²) < 4.78 is 18.2. The zero-order valence-corrected chi connectivity index (χ0v) is 15.3. The van der Waals surface area contributed by atoms with E-state index < -0.39 is 0 Å². The molecule has 1 aromatic rings. The van der Waals surface area contributed by atoms with Gasteiger partial charge in [0.05, 0.1) is 25.4 Å². The molecular formula is C17H26BrNO3. The molecule has 0 bridgehead atoms. The summed E-state index contributed by atoms with van der Waals surface area (Å²) in [5.41, 5.74) is 1.13. The van der Waals surface area contributed by atoms with Crippen LogP contribution in [0.1, 0.15) is 19.4 Å². The van der Waals surface area contributed by atoms with Crippen LogP contribution in [0, 0.1) is 6.92 Å². The molecule has 1 aliphatic rings. The van der Waals surface area contributed by atoms with E-state index in [0.29, 0.717) is 25.4 Å². The summed E-state index contributed by atoms with van der Waals surface area (Å²) in [6, 6.07) is 6.02. The second-order valence-corrected chi connectivity index (χ2v) is 6.80. The predicted octanol–water partition coefficient (Wildman–Crippen LogP) is 3.26. The maximum Gasteiger partial charge on any atom is 0.122 e. The van der Waals surface area contributed by atoms with E-state index in [-0.39, 0.29) is 0 Å². The molecule has 1 heterocycles. The fourth-order valence-corrected chi connectivity index (χ4v) is 3.22. The lowest BCUT2D eigenvalue weighted by Crippen LogP contribution is -2.46. The van der Waals surface area contributed by atoms with Crippen LogP contribution >= 0.6 is 15.9 Å². The van der Waals surface area contributed by atoms with E-state index in [0.717, 1.165) is 42.0 Å². The highest BCUT2D eigenvalue weighted by Crippen LogP contribution is 2.21. The summed E-state index contributed by atoms with van der Waals surface area (Å²) in [6.45, 7) is 11.2. The van der Waals surface area contributed by atoms with Crippen LogP contribution in [-0.2, 0) is 9.47 Å². The largest absolute Gasteiger partial charge is 0.491 e. The fourth-order valence-electron chi connectivity index (χ4n) is 2.75. The van der Waals surface area contributed by atoms with Crippen molar-refractivity contribution in [3.8, 4) is 5.75 Å². The van der Waals surface area contributed by atoms with Crippen molar-refractivity contribution in [3.05, 3.63) is 28.2 Å². The summed E-state index contributed by atoms with van der Waals surface area (Å²) in [4.78, 5) is 2.40. The van der Waals surface area contributed by atoms with Crippen molar-refractivity contribution in [3.63, 3.8) is 0 Å². The topological polar surface area (TPSA) is 30.9 Å². The van der Waals surface area contributed by atoms with Crippen molar-refractivity contribution in [1.29, 1.82) is 0 Å². The van der Waals surface area contributed by atoms with Gasteiger partial charge in [-0.1, -0.05) is 15.9 Å². The number of aryl methyl sites for hydroxylation is 1. The first-order valence-corrected chi connectivity index (χ1v) is 8.68. The number of morpholine rings is 1. The van der Waals surface area contributed by atoms with Crippen molar-refractivity contribution in [2.75, 3.05) is 39.5 Å². The summed E-state index contributed by atoms with van der Waals surface area (Å²) in [6.07, 6.45) is 0.625. The minimum atomic E-state index is 0.312. The minimum Gasteiger partial charge on any atom is -0.491 e. The SMILES string of the molecule is Cc1cc(Br)ccc1OCCOCCN1CC(C)OC(C)C1. The van der Waals surface area contributed by atoms with Gasteiger partial charge in [0.1, 0.15) is 12.4 Å². The first kappa shape index (κ1) is 17.7. The van der Waals surface area contributed by atoms with E-state index in [2.05, 4.69) is 40.7 Å². The number of nitrogens with zero attached hydrogens (tertiary/aromatic N) is 1. The molecule has 1 saturated heterocycles. The number of halogens is 1. The standard InChI is InChI=1S/C17H26BrNO3/c1-13-10-16(18)4-5-17(13)21-9-8-20-7-6-19-11-14(2)22-15(3)12-19/h4-5,10,14-15H,6-9,11-12H2,1-3H3. The van der Waals surface area contributed by atoms with Crippen LogP contribution in [0.15, 0.2) is 22.7 Å². The quantitative estimate of drug-likeness (QED) is 0.688. The third-order valence-corrected chi connectivity index (χ3v) is 4.16. The highest BCUT2D eigenvalue weighted by molar-refractivity contribution is 9.10. The molecule has 0 spiro atoms. The number of benzene rings is 1. The lowest BCUT2D eigenvalue weighted by molar-refractivity contribution is -0.0734. The summed E-state index contributed by atoms with van der Waals surface area (Å²) in [7, 11) is 0. The number of ether oxygens (including phenoxy) is 3. The first-order valence-electron chi connectivity index (χ1n) is 7.89. The van der Waals surface area contributed by atoms with Gasteiger partial charge in [-0.2, -0.15) is 0 Å². The van der Waals surface area contributed by atoms with Gasteiger partial charge in [0.15, 0.2) is 0 Å². The normalized spacial score (nSPS) is 22.7. The van der Waals surface area contributed by atoms with E-state index in [1.54, 1.807) is 0 Å². The zero-order valence-electron chi connectivity index (χ0n) is 13.7. The Labute approximate surface area is 141 Å². The maximum absolute atomic E-state index is 5.74. The molecular weight excluding hydrogens is 346 g/mol. The Kier molecular flexibility index (Phi) is 7.15. The summed E-state index contributed by atoms with van der Waals surface area (Å²) in [5, 5.41) is 0. The maximum atomic E-state index is 5.74. The lowest BCUT2D eigenvalue weighted by Gasteiger charge is -2.35. The molecule has 0 N–H and O–H groups in total. The predicted molar refractivity (Wildman–Crippen MR) is 91.6 cm³/mol. The Bertz CT molecular complexity index is 459. The van der Waals surface area contributed by atoms with Crippen LogP contribution in [0.5, 0.6) is 5.75 Å². The van der Waals surface area contributed by atoms with Gasteiger partial charge in [0, 0.05) is 24.1 Å². The second kappa shape index (κ2) is 8.87. The molecule has 5 heteroatoms. The molecule has 22 heavy (non-hydrogen) atoms. The molecule has 124 valence electrons. The van der Waals surface area contributed by atoms with Crippen molar-refractivity contribution >= 4 is 15.9 Å². The van der Waals surface area contributed by atoms with E-state index in [1.165, 1.54) is 0 Å². The van der Waals surface area contributed by atoms with Crippen LogP contribution in [-0.4, -0.2) is 56.6 Å². The smallest absolute Gasteiger partial charge is 0.122 e. The van der Waals surface area contributed by atoms with Gasteiger partial charge in [-0.25, -0.2) is 0 Å². The Hall–Kier alpha value is -0.620. The zero-order chi connectivity index (χ0) is 15.9. The Morgan fingerprint density at radius 3 is 2.59 bits per heavy atom. The highest BCUT2D eigenvalue weighted by Gasteiger charge is 2.21. The Morgan fingerprint density at radius 1 is 1.18 bits per heavy atom. The van der Waals surface area contributed by atoms with Crippen LogP contribution in [0.4, 0.5) is 0 Å². The molecule has 1 aliphatic heterocycles. The fraction of sp³-hybridized carbons (Fsp3) is 0.647. The minimum absolute atomic E-state index is 0.312. The van der Waals surface area contributed by atoms with Crippen LogP contribution in [0.25, 0.3) is 0 Å². The molecule has 0 saturated carbocycles. The lowest BCUT2D eigenvalue weighted by atomic mass is 10.2. The third kappa shape index (κ3) is 5.88. The van der Waals surface area contributed by atoms with Gasteiger partial charge in [-0.15, -0.1) is 0 Å².